The molecule has 2 N–H and O–H groups in total. The van der Waals surface area contributed by atoms with Gasteiger partial charge in [-0.15, -0.1) is 0 Å². The summed E-state index contributed by atoms with van der Waals surface area (Å²) >= 11 is 0. The van der Waals surface area contributed by atoms with Crippen LogP contribution in [-0.4, -0.2) is 17.1 Å². The fourth-order valence-corrected chi connectivity index (χ4v) is 1.39. The molecule has 0 spiro atoms. The molecule has 4 heteroatoms. The zero-order valence-electron chi connectivity index (χ0n) is 8.11. The molecule has 0 unspecified atom stereocenters. The Balaban J connectivity index is 2.81. The number of rotatable bonds is 1. The number of anilines is 1. The molecule has 2 aromatic rings. The van der Waals surface area contributed by atoms with Gasteiger partial charge in [-0.05, 0) is 19.1 Å². The number of aromatic nitrogens is 2. The van der Waals surface area contributed by atoms with Crippen LogP contribution in [0.3, 0.4) is 0 Å². The van der Waals surface area contributed by atoms with Crippen molar-refractivity contribution in [3.63, 3.8) is 0 Å². The van der Waals surface area contributed by atoms with Crippen LogP contribution in [0, 0.1) is 6.92 Å². The standard InChI is InChI=1S/C10H11N3O/c1-6-3-4-8-7(5-6)9(14-2)13-10(11)12-8/h3-5H,1-2H3,(H2,11,12,13). The molecule has 0 aliphatic rings. The van der Waals surface area contributed by atoms with Crippen LogP contribution in [0.25, 0.3) is 10.9 Å². The van der Waals surface area contributed by atoms with E-state index in [1.165, 1.54) is 0 Å². The normalized spacial score (nSPS) is 10.4. The lowest BCUT2D eigenvalue weighted by molar-refractivity contribution is 0.403. The van der Waals surface area contributed by atoms with E-state index in [9.17, 15) is 0 Å². The van der Waals surface area contributed by atoms with Crippen LogP contribution in [-0.2, 0) is 0 Å². The smallest absolute Gasteiger partial charge is 0.225 e. The Morgan fingerprint density at radius 2 is 2.07 bits per heavy atom. The van der Waals surface area contributed by atoms with Gasteiger partial charge in [0.15, 0.2) is 0 Å². The number of nitrogens with two attached hydrogens (primary N) is 1. The highest BCUT2D eigenvalue weighted by Crippen LogP contribution is 2.23. The molecule has 0 bridgehead atoms. The van der Waals surface area contributed by atoms with E-state index in [0.29, 0.717) is 5.88 Å². The van der Waals surface area contributed by atoms with E-state index < -0.39 is 0 Å². The molecule has 0 fully saturated rings. The maximum atomic E-state index is 5.54. The molecule has 0 amide bonds. The lowest BCUT2D eigenvalue weighted by Crippen LogP contribution is -1.98. The fourth-order valence-electron chi connectivity index (χ4n) is 1.39. The molecule has 72 valence electrons. The third-order valence-electron chi connectivity index (χ3n) is 2.03. The van der Waals surface area contributed by atoms with Gasteiger partial charge in [-0.1, -0.05) is 11.6 Å². The van der Waals surface area contributed by atoms with Crippen LogP contribution in [0.1, 0.15) is 5.56 Å². The zero-order valence-corrected chi connectivity index (χ0v) is 8.11. The molecule has 1 aromatic carbocycles. The van der Waals surface area contributed by atoms with Crippen molar-refractivity contribution in [2.45, 2.75) is 6.92 Å². The summed E-state index contributed by atoms with van der Waals surface area (Å²) in [7, 11) is 1.57. The first kappa shape index (κ1) is 8.74. The molecule has 0 saturated carbocycles. The van der Waals surface area contributed by atoms with Crippen molar-refractivity contribution >= 4 is 16.9 Å². The highest BCUT2D eigenvalue weighted by molar-refractivity contribution is 5.84. The topological polar surface area (TPSA) is 61.0 Å². The van der Waals surface area contributed by atoms with Gasteiger partial charge in [-0.3, -0.25) is 0 Å². The van der Waals surface area contributed by atoms with Crippen molar-refractivity contribution in [3.05, 3.63) is 23.8 Å². The monoisotopic (exact) mass is 189 g/mol. The number of ether oxygens (including phenoxy) is 1. The number of hydrogen-bond acceptors (Lipinski definition) is 4. The first-order valence-corrected chi connectivity index (χ1v) is 4.28. The molecule has 1 heterocycles. The van der Waals surface area contributed by atoms with Gasteiger partial charge in [-0.25, -0.2) is 4.98 Å². The number of benzene rings is 1. The first-order chi connectivity index (χ1) is 6.70. The Morgan fingerprint density at radius 3 is 2.79 bits per heavy atom. The summed E-state index contributed by atoms with van der Waals surface area (Å²) in [6, 6.07) is 5.87. The molecule has 0 saturated heterocycles. The summed E-state index contributed by atoms with van der Waals surface area (Å²) in [4.78, 5) is 8.12. The van der Waals surface area contributed by atoms with E-state index in [4.69, 9.17) is 10.5 Å². The third kappa shape index (κ3) is 1.35. The molecule has 0 atom stereocenters. The molecule has 0 aliphatic heterocycles. The summed E-state index contributed by atoms with van der Waals surface area (Å²) < 4.78 is 5.13. The van der Waals surface area contributed by atoms with Crippen LogP contribution in [0.15, 0.2) is 18.2 Å². The van der Waals surface area contributed by atoms with Crippen LogP contribution in [0.2, 0.25) is 0 Å². The molecular formula is C10H11N3O. The van der Waals surface area contributed by atoms with E-state index in [1.54, 1.807) is 7.11 Å². The van der Waals surface area contributed by atoms with Crippen molar-refractivity contribution in [3.8, 4) is 5.88 Å². The van der Waals surface area contributed by atoms with Gasteiger partial charge in [0.1, 0.15) is 0 Å². The minimum absolute atomic E-state index is 0.234. The van der Waals surface area contributed by atoms with Gasteiger partial charge in [-0.2, -0.15) is 4.98 Å². The fraction of sp³-hybridized carbons (Fsp3) is 0.200. The summed E-state index contributed by atoms with van der Waals surface area (Å²) in [6.45, 7) is 2.01. The van der Waals surface area contributed by atoms with Crippen LogP contribution < -0.4 is 10.5 Å². The van der Waals surface area contributed by atoms with Crippen LogP contribution >= 0.6 is 0 Å². The average molecular weight is 189 g/mol. The minimum atomic E-state index is 0.234. The number of aryl methyl sites for hydroxylation is 1. The van der Waals surface area contributed by atoms with Gasteiger partial charge in [0.05, 0.1) is 18.0 Å². The lowest BCUT2D eigenvalue weighted by atomic mass is 10.2. The van der Waals surface area contributed by atoms with Crippen molar-refractivity contribution in [2.75, 3.05) is 12.8 Å². The SMILES string of the molecule is COc1nc(N)nc2ccc(C)cc12. The molecule has 2 rings (SSSR count). The maximum Gasteiger partial charge on any atom is 0.225 e. The summed E-state index contributed by atoms with van der Waals surface area (Å²) in [5.41, 5.74) is 7.48. The van der Waals surface area contributed by atoms with E-state index >= 15 is 0 Å². The van der Waals surface area contributed by atoms with E-state index in [1.807, 2.05) is 25.1 Å². The Labute approximate surface area is 81.7 Å². The Kier molecular flexibility index (Phi) is 1.96. The maximum absolute atomic E-state index is 5.54. The summed E-state index contributed by atoms with van der Waals surface area (Å²) in [5.74, 6) is 0.759. The number of fused-ring (bicyclic) bond motifs is 1. The van der Waals surface area contributed by atoms with Crippen molar-refractivity contribution in [1.29, 1.82) is 0 Å². The summed E-state index contributed by atoms with van der Waals surface area (Å²) in [6.07, 6.45) is 0. The minimum Gasteiger partial charge on any atom is -0.480 e. The Bertz CT molecular complexity index is 482. The van der Waals surface area contributed by atoms with Crippen molar-refractivity contribution < 1.29 is 4.74 Å². The highest BCUT2D eigenvalue weighted by atomic mass is 16.5. The Hall–Kier alpha value is -1.84. The largest absolute Gasteiger partial charge is 0.480 e. The number of nitrogen functional groups attached to an aromatic ring is 1. The number of methoxy groups -OCH3 is 1. The predicted molar refractivity (Wildman–Crippen MR) is 55.2 cm³/mol. The van der Waals surface area contributed by atoms with Gasteiger partial charge >= 0.3 is 0 Å². The zero-order chi connectivity index (χ0) is 10.1. The second-order valence-corrected chi connectivity index (χ2v) is 3.11. The quantitative estimate of drug-likeness (QED) is 0.739. The molecule has 0 radical (unpaired) electrons. The van der Waals surface area contributed by atoms with Gasteiger partial charge in [0, 0.05) is 0 Å². The van der Waals surface area contributed by atoms with E-state index in [2.05, 4.69) is 9.97 Å². The lowest BCUT2D eigenvalue weighted by Gasteiger charge is -2.05. The number of nitrogens with zero attached hydrogens (tertiary/aromatic N) is 2. The second-order valence-electron chi connectivity index (χ2n) is 3.11. The Morgan fingerprint density at radius 1 is 1.29 bits per heavy atom. The van der Waals surface area contributed by atoms with Crippen LogP contribution in [0.4, 0.5) is 5.95 Å². The van der Waals surface area contributed by atoms with Gasteiger partial charge < -0.3 is 10.5 Å². The van der Waals surface area contributed by atoms with E-state index in [0.717, 1.165) is 16.5 Å². The molecule has 0 aliphatic carbocycles. The van der Waals surface area contributed by atoms with Crippen molar-refractivity contribution in [2.24, 2.45) is 0 Å². The second kappa shape index (κ2) is 3.14. The summed E-state index contributed by atoms with van der Waals surface area (Å²) in [5, 5.41) is 0.890. The predicted octanol–water partition coefficient (Wildman–Crippen LogP) is 1.53. The highest BCUT2D eigenvalue weighted by Gasteiger charge is 2.05. The van der Waals surface area contributed by atoms with Gasteiger partial charge in [0.25, 0.3) is 0 Å². The van der Waals surface area contributed by atoms with Gasteiger partial charge in [0.2, 0.25) is 11.8 Å². The molecule has 14 heavy (non-hydrogen) atoms. The van der Waals surface area contributed by atoms with Crippen LogP contribution in [0.5, 0.6) is 5.88 Å². The molecule has 1 aromatic heterocycles. The first-order valence-electron chi connectivity index (χ1n) is 4.28. The average Bonchev–Trinajstić information content (AvgIpc) is 2.17. The van der Waals surface area contributed by atoms with E-state index in [-0.39, 0.29) is 5.95 Å². The molecular weight excluding hydrogens is 178 g/mol. The molecule has 4 nitrogen and oxygen atoms in total. The van der Waals surface area contributed by atoms with Crippen molar-refractivity contribution in [1.82, 2.24) is 9.97 Å². The third-order valence-corrected chi connectivity index (χ3v) is 2.03. The number of hydrogen-bond donors (Lipinski definition) is 1.